The van der Waals surface area contributed by atoms with E-state index in [0.29, 0.717) is 19.6 Å². The lowest BCUT2D eigenvalue weighted by atomic mass is 10.1. The van der Waals surface area contributed by atoms with Crippen LogP contribution in [0.2, 0.25) is 0 Å². The summed E-state index contributed by atoms with van der Waals surface area (Å²) in [6.45, 7) is 4.99. The Morgan fingerprint density at radius 1 is 1.35 bits per heavy atom. The van der Waals surface area contributed by atoms with Crippen LogP contribution in [-0.2, 0) is 16.1 Å². The van der Waals surface area contributed by atoms with Gasteiger partial charge in [-0.05, 0) is 18.2 Å². The minimum atomic E-state index is -0.537. The van der Waals surface area contributed by atoms with Gasteiger partial charge in [0.25, 0.3) is 0 Å². The van der Waals surface area contributed by atoms with Crippen LogP contribution in [0.3, 0.4) is 0 Å². The van der Waals surface area contributed by atoms with Crippen LogP contribution in [0.15, 0.2) is 30.9 Å². The van der Waals surface area contributed by atoms with Gasteiger partial charge < -0.3 is 10.2 Å². The van der Waals surface area contributed by atoms with Gasteiger partial charge in [-0.15, -0.1) is 6.58 Å². The Morgan fingerprint density at radius 2 is 2.13 bits per heavy atom. The Morgan fingerprint density at radius 3 is 2.83 bits per heavy atom. The van der Waals surface area contributed by atoms with Crippen molar-refractivity contribution < 1.29 is 18.4 Å². The largest absolute Gasteiger partial charge is 0.352 e. The Bertz CT molecular complexity index is 607. The second-order valence-electron chi connectivity index (χ2n) is 5.35. The highest BCUT2D eigenvalue weighted by Gasteiger charge is 2.25. The molecule has 1 N–H and O–H groups in total. The van der Waals surface area contributed by atoms with E-state index >= 15 is 0 Å². The maximum absolute atomic E-state index is 13.6. The highest BCUT2D eigenvalue weighted by molar-refractivity contribution is 5.82. The highest BCUT2D eigenvalue weighted by Crippen LogP contribution is 2.14. The van der Waals surface area contributed by atoms with Crippen molar-refractivity contribution in [1.29, 1.82) is 0 Å². The molecular weight excluding hydrogens is 304 g/mol. The molecule has 5 nitrogen and oxygen atoms in total. The van der Waals surface area contributed by atoms with Crippen LogP contribution in [0.4, 0.5) is 8.78 Å². The smallest absolute Gasteiger partial charge is 0.237 e. The minimum Gasteiger partial charge on any atom is -0.352 e. The van der Waals surface area contributed by atoms with Gasteiger partial charge in [0.1, 0.15) is 11.6 Å². The summed E-state index contributed by atoms with van der Waals surface area (Å²) in [5.74, 6) is -1.46. The number of rotatable bonds is 6. The zero-order valence-electron chi connectivity index (χ0n) is 12.7. The summed E-state index contributed by atoms with van der Waals surface area (Å²) in [7, 11) is 0. The molecule has 0 unspecified atom stereocenters. The molecule has 2 amide bonds. The van der Waals surface area contributed by atoms with Gasteiger partial charge in [-0.3, -0.25) is 14.5 Å². The number of nitrogens with one attached hydrogen (secondary N) is 1. The third-order valence-corrected chi connectivity index (χ3v) is 3.58. The first-order valence-corrected chi connectivity index (χ1v) is 7.31. The van der Waals surface area contributed by atoms with Crippen LogP contribution >= 0.6 is 0 Å². The molecule has 0 aliphatic carbocycles. The SMILES string of the molecule is C=CCNC(=O)CN1CCN(Cc2cc(F)ccc2F)C(=O)C1. The number of piperazine rings is 1. The normalized spacial score (nSPS) is 15.6. The predicted octanol–water partition coefficient (Wildman–Crippen LogP) is 0.911. The second kappa shape index (κ2) is 7.82. The highest BCUT2D eigenvalue weighted by atomic mass is 19.1. The molecule has 124 valence electrons. The van der Waals surface area contributed by atoms with Gasteiger partial charge in [0.05, 0.1) is 13.1 Å². The van der Waals surface area contributed by atoms with Crippen LogP contribution in [0.1, 0.15) is 5.56 Å². The zero-order chi connectivity index (χ0) is 16.8. The number of carbonyl (C=O) groups is 2. The van der Waals surface area contributed by atoms with Crippen molar-refractivity contribution in [2.45, 2.75) is 6.54 Å². The summed E-state index contributed by atoms with van der Waals surface area (Å²) in [5, 5.41) is 2.64. The Kier molecular flexibility index (Phi) is 5.81. The van der Waals surface area contributed by atoms with Crippen molar-refractivity contribution in [2.75, 3.05) is 32.7 Å². The molecule has 23 heavy (non-hydrogen) atoms. The van der Waals surface area contributed by atoms with Gasteiger partial charge >= 0.3 is 0 Å². The van der Waals surface area contributed by atoms with Crippen LogP contribution in [0.25, 0.3) is 0 Å². The van der Waals surface area contributed by atoms with Crippen LogP contribution in [0.5, 0.6) is 0 Å². The van der Waals surface area contributed by atoms with Crippen LogP contribution in [-0.4, -0.2) is 54.3 Å². The lowest BCUT2D eigenvalue weighted by molar-refractivity contribution is -0.137. The first-order chi connectivity index (χ1) is 11.0. The Balaban J connectivity index is 1.89. The van der Waals surface area contributed by atoms with E-state index in [1.165, 1.54) is 4.90 Å². The molecule has 1 fully saturated rings. The van der Waals surface area contributed by atoms with E-state index in [2.05, 4.69) is 11.9 Å². The number of carbonyl (C=O) groups excluding carboxylic acids is 2. The first-order valence-electron chi connectivity index (χ1n) is 7.31. The van der Waals surface area contributed by atoms with E-state index in [0.717, 1.165) is 18.2 Å². The third kappa shape index (κ3) is 4.85. The second-order valence-corrected chi connectivity index (χ2v) is 5.35. The third-order valence-electron chi connectivity index (χ3n) is 3.58. The lowest BCUT2D eigenvalue weighted by Crippen LogP contribution is -2.52. The Hall–Kier alpha value is -2.28. The molecule has 0 bridgehead atoms. The predicted molar refractivity (Wildman–Crippen MR) is 81.4 cm³/mol. The van der Waals surface area contributed by atoms with Gasteiger partial charge in [0.15, 0.2) is 0 Å². The van der Waals surface area contributed by atoms with Crippen molar-refractivity contribution >= 4 is 11.8 Å². The molecule has 7 heteroatoms. The van der Waals surface area contributed by atoms with Gasteiger partial charge in [0.2, 0.25) is 11.8 Å². The molecule has 2 rings (SSSR count). The molecule has 1 aliphatic rings. The quantitative estimate of drug-likeness (QED) is 0.792. The number of halogens is 2. The van der Waals surface area contributed by atoms with E-state index in [1.54, 1.807) is 11.0 Å². The number of amides is 2. The fraction of sp³-hybridized carbons (Fsp3) is 0.375. The minimum absolute atomic E-state index is 0.0267. The molecule has 0 aromatic heterocycles. The van der Waals surface area contributed by atoms with Gasteiger partial charge in [-0.25, -0.2) is 8.78 Å². The molecule has 0 atom stereocenters. The molecule has 0 saturated carbocycles. The molecule has 1 saturated heterocycles. The molecular formula is C16H19F2N3O2. The topological polar surface area (TPSA) is 52.7 Å². The molecule has 1 aromatic carbocycles. The first kappa shape index (κ1) is 17.1. The maximum atomic E-state index is 13.6. The average molecular weight is 323 g/mol. The molecule has 1 aromatic rings. The summed E-state index contributed by atoms with van der Waals surface area (Å²) in [4.78, 5) is 26.9. The molecule has 1 aliphatic heterocycles. The van der Waals surface area contributed by atoms with E-state index in [1.807, 2.05) is 0 Å². The summed E-state index contributed by atoms with van der Waals surface area (Å²) in [5.41, 5.74) is 0.149. The molecule has 0 radical (unpaired) electrons. The van der Waals surface area contributed by atoms with Crippen molar-refractivity contribution in [3.63, 3.8) is 0 Å². The number of nitrogens with zero attached hydrogens (tertiary/aromatic N) is 2. The van der Waals surface area contributed by atoms with E-state index in [4.69, 9.17) is 0 Å². The molecule has 1 heterocycles. The number of benzene rings is 1. The van der Waals surface area contributed by atoms with Crippen molar-refractivity contribution in [3.8, 4) is 0 Å². The summed E-state index contributed by atoms with van der Waals surface area (Å²) in [6.07, 6.45) is 1.58. The van der Waals surface area contributed by atoms with E-state index in [9.17, 15) is 18.4 Å². The summed E-state index contributed by atoms with van der Waals surface area (Å²) >= 11 is 0. The summed E-state index contributed by atoms with van der Waals surface area (Å²) in [6, 6.07) is 3.19. The van der Waals surface area contributed by atoms with Gasteiger partial charge in [-0.2, -0.15) is 0 Å². The average Bonchev–Trinajstić information content (AvgIpc) is 2.51. The standard InChI is InChI=1S/C16H19F2N3O2/c1-2-5-19-15(22)10-20-6-7-21(16(23)11-20)9-12-8-13(17)3-4-14(12)18/h2-4,8H,1,5-7,9-11H2,(H,19,22). The van der Waals surface area contributed by atoms with Crippen LogP contribution in [0, 0.1) is 11.6 Å². The number of hydrogen-bond donors (Lipinski definition) is 1. The monoisotopic (exact) mass is 323 g/mol. The van der Waals surface area contributed by atoms with Gasteiger partial charge in [0, 0.05) is 31.7 Å². The Labute approximate surface area is 133 Å². The number of hydrogen-bond acceptors (Lipinski definition) is 3. The van der Waals surface area contributed by atoms with Crippen LogP contribution < -0.4 is 5.32 Å². The molecule has 0 spiro atoms. The van der Waals surface area contributed by atoms with E-state index < -0.39 is 11.6 Å². The maximum Gasteiger partial charge on any atom is 0.237 e. The zero-order valence-corrected chi connectivity index (χ0v) is 12.7. The fourth-order valence-corrected chi connectivity index (χ4v) is 2.37. The van der Waals surface area contributed by atoms with Crippen molar-refractivity contribution in [3.05, 3.63) is 48.1 Å². The van der Waals surface area contributed by atoms with Crippen molar-refractivity contribution in [2.24, 2.45) is 0 Å². The lowest BCUT2D eigenvalue weighted by Gasteiger charge is -2.34. The van der Waals surface area contributed by atoms with E-state index in [-0.39, 0.29) is 37.0 Å². The summed E-state index contributed by atoms with van der Waals surface area (Å²) < 4.78 is 26.8. The fourth-order valence-electron chi connectivity index (χ4n) is 2.37. The van der Waals surface area contributed by atoms with Gasteiger partial charge in [-0.1, -0.05) is 6.08 Å². The van der Waals surface area contributed by atoms with Crippen molar-refractivity contribution in [1.82, 2.24) is 15.1 Å².